The minimum absolute atomic E-state index is 0.285. The van der Waals surface area contributed by atoms with Gasteiger partial charge in [0.05, 0.1) is 5.41 Å². The zero-order chi connectivity index (χ0) is 16.5. The Kier molecular flexibility index (Phi) is 4.88. The smallest absolute Gasteiger partial charge is 0.344 e. The summed E-state index contributed by atoms with van der Waals surface area (Å²) >= 11 is 0. The van der Waals surface area contributed by atoms with Gasteiger partial charge in [0.2, 0.25) is 0 Å². The molecule has 22 heavy (non-hydrogen) atoms. The molecule has 0 saturated heterocycles. The summed E-state index contributed by atoms with van der Waals surface area (Å²) in [6.45, 7) is 9.27. The first-order chi connectivity index (χ1) is 10.2. The normalized spacial score (nSPS) is 27.8. The van der Waals surface area contributed by atoms with Crippen LogP contribution in [0.15, 0.2) is 0 Å². The third-order valence-electron chi connectivity index (χ3n) is 5.77. The Bertz CT molecular complexity index is 438. The molecule has 0 aromatic heterocycles. The SMILES string of the molecule is CCC(C)(C)C(=O)OCC(=O)OC(C)(C)C1CC2CCC1C2. The summed E-state index contributed by atoms with van der Waals surface area (Å²) in [7, 11) is 0. The molecule has 0 spiro atoms. The van der Waals surface area contributed by atoms with Crippen LogP contribution in [0.1, 0.15) is 66.7 Å². The van der Waals surface area contributed by atoms with Gasteiger partial charge in [0.1, 0.15) is 5.60 Å². The molecule has 3 unspecified atom stereocenters. The molecule has 0 aliphatic heterocycles. The van der Waals surface area contributed by atoms with Gasteiger partial charge in [0, 0.05) is 5.92 Å². The van der Waals surface area contributed by atoms with Crippen molar-refractivity contribution in [2.24, 2.45) is 23.2 Å². The van der Waals surface area contributed by atoms with Crippen molar-refractivity contribution in [3.8, 4) is 0 Å². The maximum atomic E-state index is 12.0. The molecule has 0 amide bonds. The fourth-order valence-electron chi connectivity index (χ4n) is 3.96. The van der Waals surface area contributed by atoms with Gasteiger partial charge in [0.15, 0.2) is 6.61 Å². The number of ether oxygens (including phenoxy) is 2. The molecule has 2 bridgehead atoms. The number of hydrogen-bond donors (Lipinski definition) is 0. The molecule has 0 aromatic rings. The van der Waals surface area contributed by atoms with Crippen molar-refractivity contribution in [2.75, 3.05) is 6.61 Å². The standard InChI is InChI=1S/C18H30O4/c1-6-17(2,3)16(20)21-11-15(19)22-18(4,5)14-10-12-7-8-13(14)9-12/h12-14H,6-11H2,1-5H3. The molecule has 126 valence electrons. The van der Waals surface area contributed by atoms with E-state index in [1.807, 2.05) is 34.6 Å². The molecule has 0 N–H and O–H groups in total. The number of rotatable bonds is 6. The Morgan fingerprint density at radius 1 is 1.09 bits per heavy atom. The van der Waals surface area contributed by atoms with Gasteiger partial charge in [0.25, 0.3) is 0 Å². The molecule has 2 aliphatic rings. The quantitative estimate of drug-likeness (QED) is 0.702. The average molecular weight is 310 g/mol. The van der Waals surface area contributed by atoms with Crippen molar-refractivity contribution < 1.29 is 19.1 Å². The van der Waals surface area contributed by atoms with Gasteiger partial charge in [-0.1, -0.05) is 13.3 Å². The highest BCUT2D eigenvalue weighted by Crippen LogP contribution is 2.52. The molecule has 0 radical (unpaired) electrons. The van der Waals surface area contributed by atoms with Gasteiger partial charge in [-0.2, -0.15) is 0 Å². The van der Waals surface area contributed by atoms with Gasteiger partial charge in [-0.3, -0.25) is 4.79 Å². The predicted molar refractivity (Wildman–Crippen MR) is 84.1 cm³/mol. The Morgan fingerprint density at radius 3 is 2.27 bits per heavy atom. The minimum atomic E-state index is -0.555. The summed E-state index contributed by atoms with van der Waals surface area (Å²) in [5, 5.41) is 0. The van der Waals surface area contributed by atoms with Crippen molar-refractivity contribution in [1.29, 1.82) is 0 Å². The Balaban J connectivity index is 1.82. The molecule has 2 aliphatic carbocycles. The Hall–Kier alpha value is -1.06. The van der Waals surface area contributed by atoms with Crippen molar-refractivity contribution >= 4 is 11.9 Å². The molecular weight excluding hydrogens is 280 g/mol. The van der Waals surface area contributed by atoms with E-state index in [-0.39, 0.29) is 12.6 Å². The number of fused-ring (bicyclic) bond motifs is 2. The van der Waals surface area contributed by atoms with E-state index in [1.54, 1.807) is 0 Å². The van der Waals surface area contributed by atoms with Crippen LogP contribution < -0.4 is 0 Å². The van der Waals surface area contributed by atoms with E-state index < -0.39 is 17.0 Å². The number of esters is 2. The maximum absolute atomic E-state index is 12.0. The Labute approximate surface area is 133 Å². The second-order valence-corrected chi connectivity index (χ2v) is 8.17. The fraction of sp³-hybridized carbons (Fsp3) is 0.889. The number of carbonyl (C=O) groups is 2. The molecule has 0 heterocycles. The van der Waals surface area contributed by atoms with Crippen molar-refractivity contribution in [3.05, 3.63) is 0 Å². The first kappa shape index (κ1) is 17.3. The van der Waals surface area contributed by atoms with Crippen LogP contribution in [-0.4, -0.2) is 24.1 Å². The summed E-state index contributed by atoms with van der Waals surface area (Å²) in [6.07, 6.45) is 5.71. The third-order valence-corrected chi connectivity index (χ3v) is 5.77. The lowest BCUT2D eigenvalue weighted by Gasteiger charge is -2.36. The summed E-state index contributed by atoms with van der Waals surface area (Å²) < 4.78 is 10.8. The van der Waals surface area contributed by atoms with Crippen LogP contribution in [0.4, 0.5) is 0 Å². The Morgan fingerprint density at radius 2 is 1.77 bits per heavy atom. The maximum Gasteiger partial charge on any atom is 0.344 e. The van der Waals surface area contributed by atoms with Crippen molar-refractivity contribution in [2.45, 2.75) is 72.3 Å². The van der Waals surface area contributed by atoms with Crippen LogP contribution in [0.2, 0.25) is 0 Å². The van der Waals surface area contributed by atoms with Crippen LogP contribution in [-0.2, 0) is 19.1 Å². The van der Waals surface area contributed by atoms with Crippen molar-refractivity contribution in [1.82, 2.24) is 0 Å². The van der Waals surface area contributed by atoms with Crippen molar-refractivity contribution in [3.63, 3.8) is 0 Å². The third kappa shape index (κ3) is 3.64. The van der Waals surface area contributed by atoms with Gasteiger partial charge in [-0.25, -0.2) is 4.79 Å². The molecule has 4 heteroatoms. The van der Waals surface area contributed by atoms with E-state index in [1.165, 1.54) is 19.3 Å². The zero-order valence-electron chi connectivity index (χ0n) is 14.6. The first-order valence-corrected chi connectivity index (χ1v) is 8.55. The van der Waals surface area contributed by atoms with Gasteiger partial charge in [-0.05, 0) is 65.2 Å². The summed E-state index contributed by atoms with van der Waals surface area (Å²) in [5.74, 6) is 1.17. The van der Waals surface area contributed by atoms with Gasteiger partial charge >= 0.3 is 11.9 Å². The van der Waals surface area contributed by atoms with Crippen LogP contribution in [0, 0.1) is 23.2 Å². The van der Waals surface area contributed by atoms with Crippen LogP contribution in [0.25, 0.3) is 0 Å². The first-order valence-electron chi connectivity index (χ1n) is 8.55. The second-order valence-electron chi connectivity index (χ2n) is 8.17. The summed E-state index contributed by atoms with van der Waals surface area (Å²) in [6, 6.07) is 0. The average Bonchev–Trinajstić information content (AvgIpc) is 3.07. The minimum Gasteiger partial charge on any atom is -0.457 e. The molecular formula is C18H30O4. The van der Waals surface area contributed by atoms with Crippen LogP contribution in [0.3, 0.4) is 0 Å². The number of hydrogen-bond acceptors (Lipinski definition) is 4. The monoisotopic (exact) mass is 310 g/mol. The molecule has 2 rings (SSSR count). The summed E-state index contributed by atoms with van der Waals surface area (Å²) in [5.41, 5.74) is -1.02. The largest absolute Gasteiger partial charge is 0.457 e. The van der Waals surface area contributed by atoms with E-state index in [9.17, 15) is 9.59 Å². The summed E-state index contributed by atoms with van der Waals surface area (Å²) in [4.78, 5) is 23.9. The highest BCUT2D eigenvalue weighted by molar-refractivity contribution is 5.79. The van der Waals surface area contributed by atoms with E-state index >= 15 is 0 Å². The molecule has 4 nitrogen and oxygen atoms in total. The molecule has 3 atom stereocenters. The van der Waals surface area contributed by atoms with Gasteiger partial charge in [-0.15, -0.1) is 0 Å². The highest BCUT2D eigenvalue weighted by Gasteiger charge is 2.48. The van der Waals surface area contributed by atoms with E-state index in [2.05, 4.69) is 0 Å². The second kappa shape index (κ2) is 6.21. The van der Waals surface area contributed by atoms with E-state index in [0.29, 0.717) is 18.3 Å². The molecule has 0 aromatic carbocycles. The molecule has 2 fully saturated rings. The van der Waals surface area contributed by atoms with E-state index in [0.717, 1.165) is 12.3 Å². The highest BCUT2D eigenvalue weighted by atomic mass is 16.6. The van der Waals surface area contributed by atoms with Gasteiger partial charge < -0.3 is 9.47 Å². The van der Waals surface area contributed by atoms with E-state index in [4.69, 9.17) is 9.47 Å². The lowest BCUT2D eigenvalue weighted by molar-refractivity contribution is -0.176. The number of carbonyl (C=O) groups excluding carboxylic acids is 2. The predicted octanol–water partition coefficient (Wildman–Crippen LogP) is 3.72. The lowest BCUT2D eigenvalue weighted by Crippen LogP contribution is -2.41. The lowest BCUT2D eigenvalue weighted by atomic mass is 9.78. The van der Waals surface area contributed by atoms with Crippen LogP contribution >= 0.6 is 0 Å². The van der Waals surface area contributed by atoms with Crippen LogP contribution in [0.5, 0.6) is 0 Å². The topological polar surface area (TPSA) is 52.6 Å². The molecule has 2 saturated carbocycles. The zero-order valence-corrected chi connectivity index (χ0v) is 14.6. The fourth-order valence-corrected chi connectivity index (χ4v) is 3.96.